The number of fused-ring (bicyclic) bond motifs is 1. The van der Waals surface area contributed by atoms with Crippen LogP contribution in [0.5, 0.6) is 0 Å². The molecule has 2 aliphatic heterocycles. The lowest BCUT2D eigenvalue weighted by molar-refractivity contribution is -0.141. The zero-order valence-electron chi connectivity index (χ0n) is 14.7. The van der Waals surface area contributed by atoms with Crippen LogP contribution in [0, 0.1) is 0 Å². The van der Waals surface area contributed by atoms with E-state index >= 15 is 0 Å². The summed E-state index contributed by atoms with van der Waals surface area (Å²) in [7, 11) is -3.82. The molecule has 0 N–H and O–H groups in total. The van der Waals surface area contributed by atoms with Crippen LogP contribution in [0.2, 0.25) is 0 Å². The first-order valence-corrected chi connectivity index (χ1v) is 10.2. The largest absolute Gasteiger partial charge is 0.354 e. The molecule has 1 amide bonds. The third-order valence-corrected chi connectivity index (χ3v) is 7.42. The molecule has 2 aliphatic rings. The summed E-state index contributed by atoms with van der Waals surface area (Å²) in [4.78, 5) is 15.1. The van der Waals surface area contributed by atoms with E-state index in [4.69, 9.17) is 4.74 Å². The summed E-state index contributed by atoms with van der Waals surface area (Å²) in [5.41, 5.74) is 0.0367. The molecule has 2 heterocycles. The molecule has 5 nitrogen and oxygen atoms in total. The molecule has 0 saturated carbocycles. The average Bonchev–Trinajstić information content (AvgIpc) is 3.12. The topological polar surface area (TPSA) is 63.7 Å². The van der Waals surface area contributed by atoms with Gasteiger partial charge in [-0.05, 0) is 31.5 Å². The van der Waals surface area contributed by atoms with Crippen molar-refractivity contribution in [3.63, 3.8) is 0 Å². The first kappa shape index (κ1) is 17.2. The molecular formula is C20H21NO4S. The van der Waals surface area contributed by atoms with Crippen molar-refractivity contribution >= 4 is 15.7 Å². The Balaban J connectivity index is 1.88. The Bertz CT molecular complexity index is 925. The van der Waals surface area contributed by atoms with Gasteiger partial charge in [0.15, 0.2) is 15.1 Å². The summed E-state index contributed by atoms with van der Waals surface area (Å²) in [6.07, 6.45) is 0. The molecule has 0 radical (unpaired) electrons. The maximum absolute atomic E-state index is 13.4. The minimum Gasteiger partial charge on any atom is -0.354 e. The molecule has 136 valence electrons. The fourth-order valence-electron chi connectivity index (χ4n) is 4.17. The Hall–Kier alpha value is -2.18. The number of carbonyl (C=O) groups is 1. The predicted octanol–water partition coefficient (Wildman–Crippen LogP) is 2.59. The van der Waals surface area contributed by atoms with E-state index < -0.39 is 26.7 Å². The third kappa shape index (κ3) is 2.47. The second kappa shape index (κ2) is 5.93. The number of amides is 1. The minimum absolute atomic E-state index is 0.180. The number of rotatable bonds is 3. The fraction of sp³-hybridized carbons (Fsp3) is 0.350. The Morgan fingerprint density at radius 2 is 1.58 bits per heavy atom. The van der Waals surface area contributed by atoms with Crippen molar-refractivity contribution in [2.24, 2.45) is 0 Å². The molecule has 0 unspecified atom stereocenters. The van der Waals surface area contributed by atoms with Crippen LogP contribution < -0.4 is 0 Å². The third-order valence-electron chi connectivity index (χ3n) is 5.33. The van der Waals surface area contributed by atoms with Crippen molar-refractivity contribution in [1.29, 1.82) is 0 Å². The van der Waals surface area contributed by atoms with Crippen LogP contribution in [0.25, 0.3) is 0 Å². The quantitative estimate of drug-likeness (QED) is 0.832. The molecule has 2 saturated heterocycles. The van der Waals surface area contributed by atoms with E-state index in [1.807, 2.05) is 44.2 Å². The van der Waals surface area contributed by atoms with E-state index in [-0.39, 0.29) is 16.8 Å². The molecule has 3 atom stereocenters. The molecule has 26 heavy (non-hydrogen) atoms. The van der Waals surface area contributed by atoms with Gasteiger partial charge in [0.2, 0.25) is 5.91 Å². The predicted molar refractivity (Wildman–Crippen MR) is 97.3 cm³/mol. The second-order valence-electron chi connectivity index (χ2n) is 7.25. The number of hydrogen-bond acceptors (Lipinski definition) is 4. The number of hydrogen-bond donors (Lipinski definition) is 0. The number of ether oxygens (including phenoxy) is 1. The normalized spacial score (nSPS) is 27.5. The van der Waals surface area contributed by atoms with Crippen molar-refractivity contribution in [2.75, 3.05) is 6.61 Å². The van der Waals surface area contributed by atoms with Gasteiger partial charge in [-0.15, -0.1) is 0 Å². The van der Waals surface area contributed by atoms with Crippen LogP contribution in [-0.2, 0) is 19.4 Å². The molecule has 0 aliphatic carbocycles. The van der Waals surface area contributed by atoms with Gasteiger partial charge >= 0.3 is 0 Å². The zero-order valence-corrected chi connectivity index (χ0v) is 15.5. The van der Waals surface area contributed by atoms with Crippen molar-refractivity contribution in [3.8, 4) is 0 Å². The highest BCUT2D eigenvalue weighted by molar-refractivity contribution is 7.92. The summed E-state index contributed by atoms with van der Waals surface area (Å²) in [5.74, 6) is -0.842. The van der Waals surface area contributed by atoms with Gasteiger partial charge in [0.05, 0.1) is 17.5 Å². The summed E-state index contributed by atoms with van der Waals surface area (Å²) in [6, 6.07) is 17.3. The number of sulfone groups is 1. The van der Waals surface area contributed by atoms with Crippen molar-refractivity contribution < 1.29 is 17.9 Å². The molecule has 0 spiro atoms. The molecule has 2 aromatic rings. The number of carbonyl (C=O) groups excluding carboxylic acids is 1. The van der Waals surface area contributed by atoms with Gasteiger partial charge in [-0.3, -0.25) is 4.79 Å². The molecule has 0 bridgehead atoms. The Morgan fingerprint density at radius 3 is 2.19 bits per heavy atom. The first-order valence-electron chi connectivity index (χ1n) is 8.65. The van der Waals surface area contributed by atoms with Gasteiger partial charge in [-0.25, -0.2) is 8.42 Å². The van der Waals surface area contributed by atoms with Gasteiger partial charge in [-0.2, -0.15) is 0 Å². The smallest absolute Gasteiger partial charge is 0.244 e. The van der Waals surface area contributed by atoms with Gasteiger partial charge in [-0.1, -0.05) is 48.5 Å². The Morgan fingerprint density at radius 1 is 1.00 bits per heavy atom. The highest BCUT2D eigenvalue weighted by atomic mass is 32.2. The lowest BCUT2D eigenvalue weighted by Crippen LogP contribution is -2.46. The monoisotopic (exact) mass is 371 g/mol. The van der Waals surface area contributed by atoms with Gasteiger partial charge in [0.1, 0.15) is 5.72 Å². The first-order chi connectivity index (χ1) is 12.3. The standard InChI is InChI=1S/C20H21NO4S/c1-20(2)21-16(13-25-20)17(14-9-5-3-6-10-14)18(19(21)22)26(23,24)15-11-7-4-8-12-15/h3-12,16-18H,13H2,1-2H3/t16-,17-,18+/m1/s1. The lowest BCUT2D eigenvalue weighted by atomic mass is 9.92. The second-order valence-corrected chi connectivity index (χ2v) is 9.32. The van der Waals surface area contributed by atoms with E-state index in [0.717, 1.165) is 5.56 Å². The SMILES string of the molecule is CC1(C)OC[C@@H]2[C@@H](c3ccccc3)[C@H](S(=O)(=O)c3ccccc3)C(=O)N21. The van der Waals surface area contributed by atoms with Crippen LogP contribution in [0.1, 0.15) is 25.3 Å². The summed E-state index contributed by atoms with van der Waals surface area (Å²) in [6.45, 7) is 3.95. The van der Waals surface area contributed by atoms with Crippen LogP contribution in [0.4, 0.5) is 0 Å². The van der Waals surface area contributed by atoms with Crippen LogP contribution in [0.3, 0.4) is 0 Å². The van der Waals surface area contributed by atoms with E-state index in [0.29, 0.717) is 6.61 Å². The van der Waals surface area contributed by atoms with E-state index in [2.05, 4.69) is 0 Å². The highest BCUT2D eigenvalue weighted by Gasteiger charge is 2.61. The Kier molecular flexibility index (Phi) is 3.93. The van der Waals surface area contributed by atoms with Gasteiger partial charge < -0.3 is 9.64 Å². The van der Waals surface area contributed by atoms with Crippen molar-refractivity contribution in [1.82, 2.24) is 4.90 Å². The molecule has 2 fully saturated rings. The maximum Gasteiger partial charge on any atom is 0.244 e. The number of benzene rings is 2. The van der Waals surface area contributed by atoms with E-state index in [1.165, 1.54) is 0 Å². The minimum atomic E-state index is -3.82. The molecule has 6 heteroatoms. The van der Waals surface area contributed by atoms with Crippen LogP contribution >= 0.6 is 0 Å². The van der Waals surface area contributed by atoms with Crippen LogP contribution in [0.15, 0.2) is 65.6 Å². The van der Waals surface area contributed by atoms with Gasteiger partial charge in [0, 0.05) is 5.92 Å². The van der Waals surface area contributed by atoms with Crippen molar-refractivity contribution in [2.45, 2.75) is 41.7 Å². The highest BCUT2D eigenvalue weighted by Crippen LogP contribution is 2.47. The fourth-order valence-corrected chi connectivity index (χ4v) is 6.11. The molecular weight excluding hydrogens is 350 g/mol. The van der Waals surface area contributed by atoms with Crippen molar-refractivity contribution in [3.05, 3.63) is 66.2 Å². The van der Waals surface area contributed by atoms with E-state index in [9.17, 15) is 13.2 Å². The van der Waals surface area contributed by atoms with E-state index in [1.54, 1.807) is 35.2 Å². The zero-order chi connectivity index (χ0) is 18.5. The molecule has 0 aromatic heterocycles. The summed E-state index contributed by atoms with van der Waals surface area (Å²) < 4.78 is 32.6. The Labute approximate surface area is 153 Å². The summed E-state index contributed by atoms with van der Waals surface area (Å²) in [5, 5.41) is -1.14. The summed E-state index contributed by atoms with van der Waals surface area (Å²) >= 11 is 0. The maximum atomic E-state index is 13.4. The van der Waals surface area contributed by atoms with Gasteiger partial charge in [0.25, 0.3) is 0 Å². The average molecular weight is 371 g/mol. The lowest BCUT2D eigenvalue weighted by Gasteiger charge is -2.29. The molecule has 2 aromatic carbocycles. The number of nitrogens with zero attached hydrogens (tertiary/aromatic N) is 1. The molecule has 4 rings (SSSR count). The van der Waals surface area contributed by atoms with Crippen LogP contribution in [-0.4, -0.2) is 42.8 Å².